The highest BCUT2D eigenvalue weighted by Gasteiger charge is 2.35. The van der Waals surface area contributed by atoms with E-state index in [9.17, 15) is 0 Å². The Hall–Kier alpha value is -1.98. The molecule has 0 spiro atoms. The van der Waals surface area contributed by atoms with E-state index in [4.69, 9.17) is 0 Å². The molecule has 2 aromatic heterocycles. The molecular weight excluding hydrogens is 252 g/mol. The van der Waals surface area contributed by atoms with Crippen molar-refractivity contribution in [1.29, 1.82) is 0 Å². The fourth-order valence-electron chi connectivity index (χ4n) is 2.90. The second-order valence-corrected chi connectivity index (χ2v) is 5.83. The number of piperidine rings is 1. The number of hydrogen-bond donors (Lipinski definition) is 0. The minimum absolute atomic E-state index is 0.101. The Morgan fingerprint density at radius 3 is 2.55 bits per heavy atom. The van der Waals surface area contributed by atoms with Crippen LogP contribution in [0.5, 0.6) is 0 Å². The van der Waals surface area contributed by atoms with Gasteiger partial charge < -0.3 is 9.47 Å². The molecule has 0 aliphatic carbocycles. The van der Waals surface area contributed by atoms with Gasteiger partial charge in [0, 0.05) is 37.3 Å². The van der Waals surface area contributed by atoms with Gasteiger partial charge in [0.15, 0.2) is 0 Å². The molecule has 1 aliphatic rings. The van der Waals surface area contributed by atoms with Crippen molar-refractivity contribution in [2.45, 2.75) is 32.1 Å². The molecule has 1 fully saturated rings. The number of aryl methyl sites for hydroxylation is 2. The lowest BCUT2D eigenvalue weighted by Gasteiger charge is -2.39. The fraction of sp³-hybridized carbons (Fsp3) is 0.571. The summed E-state index contributed by atoms with van der Waals surface area (Å²) in [4.78, 5) is 10.9. The van der Waals surface area contributed by atoms with E-state index in [1.807, 2.05) is 24.6 Å². The molecule has 1 aliphatic heterocycles. The van der Waals surface area contributed by atoms with E-state index < -0.39 is 0 Å². The van der Waals surface area contributed by atoms with E-state index in [1.165, 1.54) is 0 Å². The molecular formula is C14H20N6. The Morgan fingerprint density at radius 1 is 1.20 bits per heavy atom. The molecule has 0 radical (unpaired) electrons. The Labute approximate surface area is 118 Å². The van der Waals surface area contributed by atoms with E-state index in [1.54, 1.807) is 12.7 Å². The summed E-state index contributed by atoms with van der Waals surface area (Å²) < 4.78 is 2.03. The summed E-state index contributed by atoms with van der Waals surface area (Å²) >= 11 is 0. The van der Waals surface area contributed by atoms with Crippen LogP contribution in [0, 0.1) is 6.92 Å². The number of rotatable bonds is 2. The van der Waals surface area contributed by atoms with E-state index in [0.717, 1.165) is 43.3 Å². The van der Waals surface area contributed by atoms with Gasteiger partial charge in [0.25, 0.3) is 0 Å². The van der Waals surface area contributed by atoms with Crippen LogP contribution in [-0.4, -0.2) is 37.8 Å². The summed E-state index contributed by atoms with van der Waals surface area (Å²) in [6, 6.07) is 2.05. The average Bonchev–Trinajstić information content (AvgIpc) is 2.87. The molecule has 6 heteroatoms. The predicted octanol–water partition coefficient (Wildman–Crippen LogP) is 1.47. The van der Waals surface area contributed by atoms with Crippen molar-refractivity contribution < 1.29 is 0 Å². The molecule has 0 saturated carbocycles. The largest absolute Gasteiger partial charge is 0.356 e. The normalized spacial score (nSPS) is 18.2. The maximum absolute atomic E-state index is 4.37. The maximum atomic E-state index is 4.37. The van der Waals surface area contributed by atoms with Gasteiger partial charge in [-0.25, -0.2) is 9.97 Å². The van der Waals surface area contributed by atoms with E-state index in [2.05, 4.69) is 32.0 Å². The van der Waals surface area contributed by atoms with Crippen molar-refractivity contribution in [3.05, 3.63) is 30.2 Å². The van der Waals surface area contributed by atoms with Gasteiger partial charge in [-0.1, -0.05) is 6.92 Å². The van der Waals surface area contributed by atoms with Crippen LogP contribution in [0.25, 0.3) is 0 Å². The van der Waals surface area contributed by atoms with Crippen LogP contribution in [0.4, 0.5) is 5.82 Å². The first-order chi connectivity index (χ1) is 9.58. The summed E-state index contributed by atoms with van der Waals surface area (Å²) in [5.74, 6) is 2.11. The zero-order valence-corrected chi connectivity index (χ0v) is 12.2. The summed E-state index contributed by atoms with van der Waals surface area (Å²) in [5, 5.41) is 8.30. The Kier molecular flexibility index (Phi) is 3.16. The van der Waals surface area contributed by atoms with Gasteiger partial charge in [-0.3, -0.25) is 0 Å². The van der Waals surface area contributed by atoms with Crippen molar-refractivity contribution in [3.63, 3.8) is 0 Å². The van der Waals surface area contributed by atoms with Gasteiger partial charge in [-0.15, -0.1) is 10.2 Å². The topological polar surface area (TPSA) is 59.7 Å². The lowest BCUT2D eigenvalue weighted by atomic mass is 9.79. The highest BCUT2D eigenvalue weighted by atomic mass is 15.3. The molecule has 3 rings (SSSR count). The Bertz CT molecular complexity index is 597. The van der Waals surface area contributed by atoms with Crippen LogP contribution in [0.1, 0.15) is 31.3 Å². The second-order valence-electron chi connectivity index (χ2n) is 5.83. The molecule has 1 saturated heterocycles. The molecule has 0 bridgehead atoms. The fourth-order valence-corrected chi connectivity index (χ4v) is 2.90. The van der Waals surface area contributed by atoms with E-state index in [0.29, 0.717) is 0 Å². The summed E-state index contributed by atoms with van der Waals surface area (Å²) in [7, 11) is 2.01. The lowest BCUT2D eigenvalue weighted by Crippen LogP contribution is -2.42. The maximum Gasteiger partial charge on any atom is 0.138 e. The number of anilines is 1. The monoisotopic (exact) mass is 272 g/mol. The first-order valence-corrected chi connectivity index (χ1v) is 6.96. The number of hydrogen-bond acceptors (Lipinski definition) is 5. The van der Waals surface area contributed by atoms with E-state index >= 15 is 0 Å². The SMILES string of the molecule is Cc1cc(N2CCC(C)(c3nncn3C)CC2)ncn1. The molecule has 2 aromatic rings. The molecule has 20 heavy (non-hydrogen) atoms. The minimum Gasteiger partial charge on any atom is -0.356 e. The molecule has 106 valence electrons. The van der Waals surface area contributed by atoms with Crippen molar-refractivity contribution in [2.75, 3.05) is 18.0 Å². The van der Waals surface area contributed by atoms with Crippen LogP contribution >= 0.6 is 0 Å². The molecule has 0 amide bonds. The third kappa shape index (κ3) is 2.26. The second kappa shape index (κ2) is 4.85. The number of aromatic nitrogens is 5. The van der Waals surface area contributed by atoms with E-state index in [-0.39, 0.29) is 5.41 Å². The molecule has 0 aromatic carbocycles. The molecule has 3 heterocycles. The van der Waals surface area contributed by atoms with Crippen LogP contribution in [-0.2, 0) is 12.5 Å². The van der Waals surface area contributed by atoms with Gasteiger partial charge in [0.05, 0.1) is 0 Å². The molecule has 0 unspecified atom stereocenters. The van der Waals surface area contributed by atoms with Crippen molar-refractivity contribution in [1.82, 2.24) is 24.7 Å². The zero-order valence-electron chi connectivity index (χ0n) is 12.2. The van der Waals surface area contributed by atoms with Crippen LogP contribution in [0.15, 0.2) is 18.7 Å². The summed E-state index contributed by atoms with van der Waals surface area (Å²) in [6.07, 6.45) is 5.53. The highest BCUT2D eigenvalue weighted by Crippen LogP contribution is 2.34. The third-order valence-electron chi connectivity index (χ3n) is 4.23. The van der Waals surface area contributed by atoms with Crippen molar-refractivity contribution in [3.8, 4) is 0 Å². The molecule has 0 atom stereocenters. The summed E-state index contributed by atoms with van der Waals surface area (Å²) in [5.41, 5.74) is 1.11. The minimum atomic E-state index is 0.101. The third-order valence-corrected chi connectivity index (χ3v) is 4.23. The first-order valence-electron chi connectivity index (χ1n) is 6.96. The smallest absolute Gasteiger partial charge is 0.138 e. The van der Waals surface area contributed by atoms with Crippen molar-refractivity contribution in [2.24, 2.45) is 7.05 Å². The standard InChI is InChI=1S/C14H20N6/c1-11-8-12(16-9-15-11)20-6-4-14(2,5-7-20)13-18-17-10-19(13)3/h8-10H,4-7H2,1-3H3. The predicted molar refractivity (Wildman–Crippen MR) is 76.6 cm³/mol. The van der Waals surface area contributed by atoms with Crippen LogP contribution in [0.2, 0.25) is 0 Å². The Morgan fingerprint density at radius 2 is 1.95 bits per heavy atom. The highest BCUT2D eigenvalue weighted by molar-refractivity contribution is 5.39. The van der Waals surface area contributed by atoms with Crippen LogP contribution in [0.3, 0.4) is 0 Å². The quantitative estimate of drug-likeness (QED) is 0.828. The lowest BCUT2D eigenvalue weighted by molar-refractivity contribution is 0.334. The van der Waals surface area contributed by atoms with Crippen molar-refractivity contribution >= 4 is 5.82 Å². The van der Waals surface area contributed by atoms with Gasteiger partial charge in [-0.2, -0.15) is 0 Å². The van der Waals surface area contributed by atoms with Gasteiger partial charge in [-0.05, 0) is 19.8 Å². The zero-order chi connectivity index (χ0) is 14.2. The van der Waals surface area contributed by atoms with Crippen LogP contribution < -0.4 is 4.90 Å². The molecule has 0 N–H and O–H groups in total. The van der Waals surface area contributed by atoms with Gasteiger partial charge in [0.2, 0.25) is 0 Å². The van der Waals surface area contributed by atoms with Gasteiger partial charge >= 0.3 is 0 Å². The van der Waals surface area contributed by atoms with Gasteiger partial charge in [0.1, 0.15) is 24.3 Å². The Balaban J connectivity index is 1.75. The number of nitrogens with zero attached hydrogens (tertiary/aromatic N) is 6. The average molecular weight is 272 g/mol. The first kappa shape index (κ1) is 13.0. The summed E-state index contributed by atoms with van der Waals surface area (Å²) in [6.45, 7) is 6.25. The molecule has 6 nitrogen and oxygen atoms in total.